The van der Waals surface area contributed by atoms with Crippen LogP contribution in [0.4, 0.5) is 0 Å². The Bertz CT molecular complexity index is 369. The summed E-state index contributed by atoms with van der Waals surface area (Å²) >= 11 is 1.46. The first-order chi connectivity index (χ1) is 6.50. The first-order valence-electron chi connectivity index (χ1n) is 4.29. The highest BCUT2D eigenvalue weighted by Gasteiger charge is 2.15. The van der Waals surface area contributed by atoms with Gasteiger partial charge in [0.2, 0.25) is 5.70 Å². The Morgan fingerprint density at radius 1 is 1.71 bits per heavy atom. The highest BCUT2D eigenvalue weighted by Crippen LogP contribution is 2.19. The third-order valence-corrected chi connectivity index (χ3v) is 2.59. The first-order valence-corrected chi connectivity index (χ1v) is 5.10. The van der Waals surface area contributed by atoms with E-state index in [0.717, 1.165) is 9.88 Å². The molecule has 0 unspecified atom stereocenters. The third-order valence-electron chi connectivity index (χ3n) is 1.73. The molecule has 5 heteroatoms. The van der Waals surface area contributed by atoms with Gasteiger partial charge in [-0.3, -0.25) is 10.1 Å². The van der Waals surface area contributed by atoms with Crippen LogP contribution in [0, 0.1) is 23.0 Å². The summed E-state index contributed by atoms with van der Waals surface area (Å²) in [6, 6.07) is 0. The van der Waals surface area contributed by atoms with E-state index in [9.17, 15) is 10.1 Å². The van der Waals surface area contributed by atoms with Crippen LogP contribution in [-0.2, 0) is 0 Å². The van der Waals surface area contributed by atoms with Crippen LogP contribution in [0.15, 0.2) is 11.9 Å². The number of hydrogen-bond donors (Lipinski definition) is 0. The molecule has 0 aromatic carbocycles. The van der Waals surface area contributed by atoms with Crippen molar-refractivity contribution in [1.82, 2.24) is 4.98 Å². The van der Waals surface area contributed by atoms with Gasteiger partial charge < -0.3 is 0 Å². The lowest BCUT2D eigenvalue weighted by atomic mass is 10.1. The van der Waals surface area contributed by atoms with Crippen molar-refractivity contribution in [2.24, 2.45) is 5.92 Å². The summed E-state index contributed by atoms with van der Waals surface area (Å²) in [5.74, 6) is -0.0765. The van der Waals surface area contributed by atoms with Gasteiger partial charge in [-0.05, 0) is 6.92 Å². The molecule has 14 heavy (non-hydrogen) atoms. The van der Waals surface area contributed by atoms with E-state index >= 15 is 0 Å². The van der Waals surface area contributed by atoms with Crippen molar-refractivity contribution in [1.29, 1.82) is 0 Å². The third kappa shape index (κ3) is 2.63. The van der Waals surface area contributed by atoms with Gasteiger partial charge in [0.1, 0.15) is 0 Å². The predicted octanol–water partition coefficient (Wildman–Crippen LogP) is 2.73. The van der Waals surface area contributed by atoms with E-state index in [2.05, 4.69) is 4.98 Å². The Morgan fingerprint density at radius 2 is 2.36 bits per heavy atom. The maximum absolute atomic E-state index is 10.7. The highest BCUT2D eigenvalue weighted by atomic mass is 32.1. The van der Waals surface area contributed by atoms with Crippen molar-refractivity contribution in [3.63, 3.8) is 0 Å². The molecule has 1 aromatic heterocycles. The van der Waals surface area contributed by atoms with E-state index in [0.29, 0.717) is 0 Å². The zero-order valence-corrected chi connectivity index (χ0v) is 9.17. The Morgan fingerprint density at radius 3 is 2.71 bits per heavy atom. The van der Waals surface area contributed by atoms with Crippen molar-refractivity contribution < 1.29 is 4.92 Å². The molecule has 0 atom stereocenters. The Balaban J connectivity index is 2.99. The van der Waals surface area contributed by atoms with E-state index in [1.807, 2.05) is 20.8 Å². The average Bonchev–Trinajstić information content (AvgIpc) is 2.46. The van der Waals surface area contributed by atoms with E-state index in [-0.39, 0.29) is 16.5 Å². The van der Waals surface area contributed by atoms with Crippen LogP contribution in [0.3, 0.4) is 0 Å². The number of aromatic nitrogens is 1. The minimum atomic E-state index is -0.334. The molecule has 0 radical (unpaired) electrons. The fraction of sp³-hybridized carbons (Fsp3) is 0.444. The number of nitrogens with zero attached hydrogens (tertiary/aromatic N) is 2. The molecule has 0 saturated carbocycles. The average molecular weight is 212 g/mol. The molecule has 0 spiro atoms. The summed E-state index contributed by atoms with van der Waals surface area (Å²) in [4.78, 5) is 15.2. The second-order valence-corrected chi connectivity index (χ2v) is 4.53. The van der Waals surface area contributed by atoms with Crippen LogP contribution in [0.5, 0.6) is 0 Å². The number of thiazole rings is 1. The molecular weight excluding hydrogens is 200 g/mol. The van der Waals surface area contributed by atoms with Crippen molar-refractivity contribution in [3.8, 4) is 0 Å². The zero-order valence-electron chi connectivity index (χ0n) is 8.35. The van der Waals surface area contributed by atoms with Crippen molar-refractivity contribution in [2.75, 3.05) is 0 Å². The minimum absolute atomic E-state index is 0.0765. The van der Waals surface area contributed by atoms with Gasteiger partial charge in [-0.15, -0.1) is 11.3 Å². The molecule has 0 amide bonds. The number of allylic oxidation sites excluding steroid dienone is 1. The SMILES string of the molecule is Cc1ncc(C=C(C(C)C)[N+](=O)[O-])s1. The molecule has 0 aliphatic carbocycles. The fourth-order valence-corrected chi connectivity index (χ4v) is 1.75. The van der Waals surface area contributed by atoms with E-state index < -0.39 is 0 Å². The van der Waals surface area contributed by atoms with Gasteiger partial charge in [0.25, 0.3) is 0 Å². The quantitative estimate of drug-likeness (QED) is 0.571. The van der Waals surface area contributed by atoms with Gasteiger partial charge in [-0.25, -0.2) is 4.98 Å². The molecule has 0 N–H and O–H groups in total. The molecular formula is C9H12N2O2S. The summed E-state index contributed by atoms with van der Waals surface area (Å²) in [6.45, 7) is 5.49. The Labute approximate surface area is 86.4 Å². The van der Waals surface area contributed by atoms with E-state index in [4.69, 9.17) is 0 Å². The molecule has 0 bridgehead atoms. The van der Waals surface area contributed by atoms with Crippen LogP contribution in [-0.4, -0.2) is 9.91 Å². The molecule has 1 rings (SSSR count). The Hall–Kier alpha value is -1.23. The van der Waals surface area contributed by atoms with Crippen LogP contribution >= 0.6 is 11.3 Å². The normalized spacial score (nSPS) is 12.1. The van der Waals surface area contributed by atoms with Crippen LogP contribution in [0.25, 0.3) is 6.08 Å². The maximum Gasteiger partial charge on any atom is 0.250 e. The molecule has 4 nitrogen and oxygen atoms in total. The second-order valence-electron chi connectivity index (χ2n) is 3.26. The maximum atomic E-state index is 10.7. The van der Waals surface area contributed by atoms with Crippen molar-refractivity contribution >= 4 is 17.4 Å². The largest absolute Gasteiger partial charge is 0.259 e. The standard InChI is InChI=1S/C9H12N2O2S/c1-6(2)9(11(12)13)4-8-5-10-7(3)14-8/h4-6H,1-3H3. The first kappa shape index (κ1) is 10.8. The fourth-order valence-electron chi connectivity index (χ4n) is 1.02. The lowest BCUT2D eigenvalue weighted by molar-refractivity contribution is -0.431. The van der Waals surface area contributed by atoms with Crippen molar-refractivity contribution in [3.05, 3.63) is 31.9 Å². The van der Waals surface area contributed by atoms with Crippen LogP contribution in [0.1, 0.15) is 23.7 Å². The molecule has 76 valence electrons. The second kappa shape index (κ2) is 4.32. The lowest BCUT2D eigenvalue weighted by Crippen LogP contribution is -2.04. The number of hydrogen-bond acceptors (Lipinski definition) is 4. The van der Waals surface area contributed by atoms with E-state index in [1.165, 1.54) is 11.3 Å². The number of nitro groups is 1. The molecule has 0 aliphatic heterocycles. The minimum Gasteiger partial charge on any atom is -0.259 e. The van der Waals surface area contributed by atoms with Crippen LogP contribution < -0.4 is 0 Å². The van der Waals surface area contributed by atoms with Gasteiger partial charge in [-0.2, -0.15) is 0 Å². The zero-order chi connectivity index (χ0) is 10.7. The molecule has 0 saturated heterocycles. The topological polar surface area (TPSA) is 56.0 Å². The summed E-state index contributed by atoms with van der Waals surface area (Å²) in [6.07, 6.45) is 3.25. The molecule has 1 aromatic rings. The van der Waals surface area contributed by atoms with Crippen molar-refractivity contribution in [2.45, 2.75) is 20.8 Å². The summed E-state index contributed by atoms with van der Waals surface area (Å²) in [5.41, 5.74) is 0.230. The summed E-state index contributed by atoms with van der Waals surface area (Å²) in [7, 11) is 0. The van der Waals surface area contributed by atoms with Gasteiger partial charge in [0, 0.05) is 18.2 Å². The Kier molecular flexibility index (Phi) is 3.35. The van der Waals surface area contributed by atoms with E-state index in [1.54, 1.807) is 12.3 Å². The number of rotatable bonds is 3. The lowest BCUT2D eigenvalue weighted by Gasteiger charge is -1.99. The molecule has 0 fully saturated rings. The smallest absolute Gasteiger partial charge is 0.250 e. The molecule has 1 heterocycles. The van der Waals surface area contributed by atoms with Crippen LogP contribution in [0.2, 0.25) is 0 Å². The van der Waals surface area contributed by atoms with Gasteiger partial charge in [-0.1, -0.05) is 13.8 Å². The monoisotopic (exact) mass is 212 g/mol. The van der Waals surface area contributed by atoms with Gasteiger partial charge in [0.05, 0.1) is 14.8 Å². The summed E-state index contributed by atoms with van der Waals surface area (Å²) in [5, 5.41) is 11.6. The predicted molar refractivity (Wildman–Crippen MR) is 56.7 cm³/mol. The summed E-state index contributed by atoms with van der Waals surface area (Å²) < 4.78 is 0. The van der Waals surface area contributed by atoms with Gasteiger partial charge >= 0.3 is 0 Å². The highest BCUT2D eigenvalue weighted by molar-refractivity contribution is 7.12. The van der Waals surface area contributed by atoms with Gasteiger partial charge in [0.15, 0.2) is 0 Å². The number of aryl methyl sites for hydroxylation is 1. The molecule has 0 aliphatic rings.